The van der Waals surface area contributed by atoms with E-state index in [1.54, 1.807) is 0 Å². The number of aliphatic hydroxyl groups excluding tert-OH is 1. The van der Waals surface area contributed by atoms with E-state index in [2.05, 4.69) is 4.90 Å². The predicted molar refractivity (Wildman–Crippen MR) is 54.7 cm³/mol. The van der Waals surface area contributed by atoms with Gasteiger partial charge in [-0.15, -0.1) is 0 Å². The molecule has 1 atom stereocenters. The van der Waals surface area contributed by atoms with Crippen molar-refractivity contribution in [1.82, 2.24) is 4.90 Å². The summed E-state index contributed by atoms with van der Waals surface area (Å²) in [5.74, 6) is -0.380. The third kappa shape index (κ3) is 2.96. The monoisotopic (exact) mass is 200 g/mol. The Hall–Kier alpha value is -0.610. The lowest BCUT2D eigenvalue weighted by Crippen LogP contribution is -2.45. The number of primary amides is 1. The van der Waals surface area contributed by atoms with Crippen molar-refractivity contribution in [1.29, 1.82) is 0 Å². The van der Waals surface area contributed by atoms with Gasteiger partial charge in [-0.2, -0.15) is 0 Å². The van der Waals surface area contributed by atoms with Gasteiger partial charge in [0.05, 0.1) is 6.61 Å². The van der Waals surface area contributed by atoms with Gasteiger partial charge in [-0.05, 0) is 12.8 Å². The normalized spacial score (nSPS) is 19.4. The van der Waals surface area contributed by atoms with Crippen LogP contribution in [0, 0.1) is 5.92 Å². The molecule has 3 N–H and O–H groups in total. The quantitative estimate of drug-likeness (QED) is 0.632. The predicted octanol–water partition coefficient (Wildman–Crippen LogP) is -0.0454. The summed E-state index contributed by atoms with van der Waals surface area (Å²) in [6.45, 7) is 3.33. The van der Waals surface area contributed by atoms with Gasteiger partial charge in [0.25, 0.3) is 0 Å². The maximum absolute atomic E-state index is 10.9. The van der Waals surface area contributed by atoms with E-state index < -0.39 is 0 Å². The standard InChI is InChI=1S/C10H20N2O2/c1-8(10(11)14)7-12(5-6-13)9-3-2-4-9/h8-9,13H,2-7H2,1H3,(H2,11,14). The summed E-state index contributed by atoms with van der Waals surface area (Å²) in [7, 11) is 0. The first-order valence-corrected chi connectivity index (χ1v) is 5.29. The van der Waals surface area contributed by atoms with E-state index in [-0.39, 0.29) is 18.4 Å². The molecule has 0 aromatic heterocycles. The summed E-state index contributed by atoms with van der Waals surface area (Å²) >= 11 is 0. The summed E-state index contributed by atoms with van der Waals surface area (Å²) < 4.78 is 0. The van der Waals surface area contributed by atoms with Crippen molar-refractivity contribution in [3.05, 3.63) is 0 Å². The Kier molecular flexibility index (Phi) is 4.35. The van der Waals surface area contributed by atoms with Gasteiger partial charge in [-0.3, -0.25) is 9.69 Å². The molecule has 0 radical (unpaired) electrons. The Bertz CT molecular complexity index is 193. The number of nitrogens with two attached hydrogens (primary N) is 1. The molecule has 1 amide bonds. The van der Waals surface area contributed by atoms with E-state index in [9.17, 15) is 4.79 Å². The van der Waals surface area contributed by atoms with Crippen molar-refractivity contribution < 1.29 is 9.90 Å². The molecule has 0 aromatic carbocycles. The van der Waals surface area contributed by atoms with Crippen LogP contribution in [0.3, 0.4) is 0 Å². The van der Waals surface area contributed by atoms with Crippen LogP contribution in [-0.2, 0) is 4.79 Å². The molecule has 1 aliphatic carbocycles. The van der Waals surface area contributed by atoms with Crippen LogP contribution in [0.5, 0.6) is 0 Å². The van der Waals surface area contributed by atoms with Gasteiger partial charge < -0.3 is 10.8 Å². The first kappa shape index (κ1) is 11.5. The molecule has 0 aromatic rings. The fourth-order valence-electron chi connectivity index (χ4n) is 1.74. The maximum Gasteiger partial charge on any atom is 0.221 e. The molecule has 0 heterocycles. The average Bonchev–Trinajstić information content (AvgIpc) is 2.01. The summed E-state index contributed by atoms with van der Waals surface area (Å²) in [5.41, 5.74) is 5.21. The first-order chi connectivity index (χ1) is 6.65. The van der Waals surface area contributed by atoms with Gasteiger partial charge in [0.2, 0.25) is 5.91 Å². The lowest BCUT2D eigenvalue weighted by Gasteiger charge is -2.38. The van der Waals surface area contributed by atoms with Crippen LogP contribution in [0.25, 0.3) is 0 Å². The highest BCUT2D eigenvalue weighted by molar-refractivity contribution is 5.76. The number of aliphatic hydroxyl groups is 1. The molecule has 0 aliphatic heterocycles. The minimum Gasteiger partial charge on any atom is -0.395 e. The van der Waals surface area contributed by atoms with Crippen molar-refractivity contribution in [3.63, 3.8) is 0 Å². The highest BCUT2D eigenvalue weighted by atomic mass is 16.3. The Morgan fingerprint density at radius 1 is 1.64 bits per heavy atom. The molecule has 0 spiro atoms. The number of hydrogen-bond acceptors (Lipinski definition) is 3. The third-order valence-corrected chi connectivity index (χ3v) is 2.97. The molecular weight excluding hydrogens is 180 g/mol. The zero-order valence-corrected chi connectivity index (χ0v) is 8.78. The third-order valence-electron chi connectivity index (χ3n) is 2.97. The largest absolute Gasteiger partial charge is 0.395 e. The van der Waals surface area contributed by atoms with Gasteiger partial charge in [0, 0.05) is 25.0 Å². The smallest absolute Gasteiger partial charge is 0.221 e. The van der Waals surface area contributed by atoms with E-state index in [0.717, 1.165) is 0 Å². The summed E-state index contributed by atoms with van der Waals surface area (Å²) in [6, 6.07) is 0.559. The average molecular weight is 200 g/mol. The summed E-state index contributed by atoms with van der Waals surface area (Å²) in [4.78, 5) is 13.1. The van der Waals surface area contributed by atoms with Crippen LogP contribution >= 0.6 is 0 Å². The zero-order valence-electron chi connectivity index (χ0n) is 8.78. The highest BCUT2D eigenvalue weighted by Crippen LogP contribution is 2.25. The Balaban J connectivity index is 2.37. The van der Waals surface area contributed by atoms with Gasteiger partial charge in [0.1, 0.15) is 0 Å². The van der Waals surface area contributed by atoms with Crippen LogP contribution < -0.4 is 5.73 Å². The second-order valence-corrected chi connectivity index (χ2v) is 4.11. The molecular formula is C10H20N2O2. The zero-order chi connectivity index (χ0) is 10.6. The molecule has 14 heavy (non-hydrogen) atoms. The number of hydrogen-bond donors (Lipinski definition) is 2. The van der Waals surface area contributed by atoms with Crippen LogP contribution in [0.1, 0.15) is 26.2 Å². The number of carbonyl (C=O) groups is 1. The number of amides is 1. The van der Waals surface area contributed by atoms with Crippen molar-refractivity contribution >= 4 is 5.91 Å². The summed E-state index contributed by atoms with van der Waals surface area (Å²) in [5, 5.41) is 8.90. The van der Waals surface area contributed by atoms with Crippen LogP contribution in [-0.4, -0.2) is 41.7 Å². The van der Waals surface area contributed by atoms with Gasteiger partial charge >= 0.3 is 0 Å². The maximum atomic E-state index is 10.9. The van der Waals surface area contributed by atoms with Crippen molar-refractivity contribution in [2.24, 2.45) is 11.7 Å². The van der Waals surface area contributed by atoms with Crippen molar-refractivity contribution in [2.75, 3.05) is 19.7 Å². The van der Waals surface area contributed by atoms with E-state index in [0.29, 0.717) is 19.1 Å². The summed E-state index contributed by atoms with van der Waals surface area (Å²) in [6.07, 6.45) is 3.63. The van der Waals surface area contributed by atoms with Crippen molar-refractivity contribution in [3.8, 4) is 0 Å². The molecule has 0 saturated heterocycles. The van der Waals surface area contributed by atoms with E-state index in [1.165, 1.54) is 19.3 Å². The molecule has 0 bridgehead atoms. The Morgan fingerprint density at radius 3 is 2.64 bits per heavy atom. The number of nitrogens with zero attached hydrogens (tertiary/aromatic N) is 1. The molecule has 1 unspecified atom stereocenters. The van der Waals surface area contributed by atoms with Gasteiger partial charge in [-0.1, -0.05) is 13.3 Å². The van der Waals surface area contributed by atoms with Crippen LogP contribution in [0.4, 0.5) is 0 Å². The number of carbonyl (C=O) groups excluding carboxylic acids is 1. The van der Waals surface area contributed by atoms with E-state index in [1.807, 2.05) is 6.92 Å². The van der Waals surface area contributed by atoms with Gasteiger partial charge in [-0.25, -0.2) is 0 Å². The second-order valence-electron chi connectivity index (χ2n) is 4.11. The molecule has 4 heteroatoms. The SMILES string of the molecule is CC(CN(CCO)C1CCC1)C(N)=O. The Labute approximate surface area is 85.1 Å². The molecule has 4 nitrogen and oxygen atoms in total. The Morgan fingerprint density at radius 2 is 2.29 bits per heavy atom. The lowest BCUT2D eigenvalue weighted by atomic mass is 9.90. The second kappa shape index (κ2) is 5.32. The fraction of sp³-hybridized carbons (Fsp3) is 0.900. The lowest BCUT2D eigenvalue weighted by molar-refractivity contribution is -0.122. The highest BCUT2D eigenvalue weighted by Gasteiger charge is 2.26. The minimum absolute atomic E-state index is 0.123. The topological polar surface area (TPSA) is 66.6 Å². The number of rotatable bonds is 6. The molecule has 1 aliphatic rings. The van der Waals surface area contributed by atoms with Crippen LogP contribution in [0.15, 0.2) is 0 Å². The molecule has 1 rings (SSSR count). The molecule has 1 saturated carbocycles. The minimum atomic E-state index is -0.257. The van der Waals surface area contributed by atoms with Gasteiger partial charge in [0.15, 0.2) is 0 Å². The van der Waals surface area contributed by atoms with Crippen molar-refractivity contribution in [2.45, 2.75) is 32.2 Å². The molecule has 1 fully saturated rings. The first-order valence-electron chi connectivity index (χ1n) is 5.29. The van der Waals surface area contributed by atoms with E-state index in [4.69, 9.17) is 10.8 Å². The molecule has 82 valence electrons. The van der Waals surface area contributed by atoms with Crippen LogP contribution in [0.2, 0.25) is 0 Å². The van der Waals surface area contributed by atoms with E-state index >= 15 is 0 Å². The fourth-order valence-corrected chi connectivity index (χ4v) is 1.74.